The predicted octanol–water partition coefficient (Wildman–Crippen LogP) is 3.80. The van der Waals surface area contributed by atoms with Crippen LogP contribution in [0.25, 0.3) is 0 Å². The maximum absolute atomic E-state index is 13.2. The van der Waals surface area contributed by atoms with E-state index in [1.54, 1.807) is 12.1 Å². The molecule has 1 aliphatic carbocycles. The van der Waals surface area contributed by atoms with Gasteiger partial charge in [-0.1, -0.05) is 18.6 Å². The molecular formula is C18H24FNO. The normalized spacial score (nSPS) is 22.9. The molecule has 21 heavy (non-hydrogen) atoms. The Morgan fingerprint density at radius 3 is 2.81 bits per heavy atom. The predicted molar refractivity (Wildman–Crippen MR) is 81.4 cm³/mol. The lowest BCUT2D eigenvalue weighted by Gasteiger charge is -2.37. The molecule has 1 aromatic carbocycles. The average Bonchev–Trinajstić information content (AvgIpc) is 2.44. The van der Waals surface area contributed by atoms with Crippen LogP contribution in [-0.4, -0.2) is 23.9 Å². The Balaban J connectivity index is 1.50. The first-order valence-corrected chi connectivity index (χ1v) is 8.25. The van der Waals surface area contributed by atoms with E-state index in [1.165, 1.54) is 18.9 Å². The first-order chi connectivity index (χ1) is 10.2. The number of aryl methyl sites for hydroxylation is 1. The lowest BCUT2D eigenvalue weighted by Crippen LogP contribution is -2.44. The second-order valence-electron chi connectivity index (χ2n) is 6.59. The fraction of sp³-hybridized carbons (Fsp3) is 0.611. The van der Waals surface area contributed by atoms with E-state index >= 15 is 0 Å². The molecule has 1 atom stereocenters. The quantitative estimate of drug-likeness (QED) is 0.825. The van der Waals surface area contributed by atoms with Gasteiger partial charge in [0.05, 0.1) is 0 Å². The number of carbonyl (C=O) groups is 1. The minimum Gasteiger partial charge on any atom is -0.342 e. The van der Waals surface area contributed by atoms with Gasteiger partial charge in [-0.25, -0.2) is 4.39 Å². The Labute approximate surface area is 126 Å². The summed E-state index contributed by atoms with van der Waals surface area (Å²) >= 11 is 0. The van der Waals surface area contributed by atoms with E-state index in [9.17, 15) is 9.18 Å². The van der Waals surface area contributed by atoms with Crippen molar-refractivity contribution in [3.8, 4) is 0 Å². The van der Waals surface area contributed by atoms with E-state index in [0.717, 1.165) is 50.8 Å². The molecule has 0 spiro atoms. The molecule has 1 heterocycles. The molecule has 0 bridgehead atoms. The molecule has 1 saturated heterocycles. The SMILES string of the molecule is O=C(C1CCC1)N1CCCC(CCc2cccc(F)c2)C1. The Bertz CT molecular complexity index is 498. The standard InChI is InChI=1S/C18H24FNO/c19-17-8-1-4-14(12-17)9-10-15-5-3-11-20(13-15)18(21)16-6-2-7-16/h1,4,8,12,15-16H,2-3,5-7,9-11,13H2. The summed E-state index contributed by atoms with van der Waals surface area (Å²) < 4.78 is 13.2. The average molecular weight is 289 g/mol. The smallest absolute Gasteiger partial charge is 0.225 e. The van der Waals surface area contributed by atoms with E-state index in [-0.39, 0.29) is 5.82 Å². The molecule has 0 aromatic heterocycles. The summed E-state index contributed by atoms with van der Waals surface area (Å²) in [7, 11) is 0. The minimum atomic E-state index is -0.155. The minimum absolute atomic E-state index is 0.155. The summed E-state index contributed by atoms with van der Waals surface area (Å²) in [5, 5.41) is 0. The number of halogens is 1. The fourth-order valence-corrected chi connectivity index (χ4v) is 3.48. The summed E-state index contributed by atoms with van der Waals surface area (Å²) in [6.45, 7) is 1.84. The molecule has 1 aromatic rings. The van der Waals surface area contributed by atoms with Crippen LogP contribution >= 0.6 is 0 Å². The van der Waals surface area contributed by atoms with Gasteiger partial charge in [0.15, 0.2) is 0 Å². The number of rotatable bonds is 4. The molecule has 2 nitrogen and oxygen atoms in total. The first kappa shape index (κ1) is 14.6. The summed E-state index contributed by atoms with van der Waals surface area (Å²) in [6, 6.07) is 6.88. The van der Waals surface area contributed by atoms with Crippen molar-refractivity contribution in [1.29, 1.82) is 0 Å². The Morgan fingerprint density at radius 2 is 2.10 bits per heavy atom. The summed E-state index contributed by atoms with van der Waals surface area (Å²) in [5.74, 6) is 1.12. The van der Waals surface area contributed by atoms with Gasteiger partial charge in [0.2, 0.25) is 5.91 Å². The van der Waals surface area contributed by atoms with Crippen LogP contribution in [0.15, 0.2) is 24.3 Å². The van der Waals surface area contributed by atoms with Gasteiger partial charge in [-0.3, -0.25) is 4.79 Å². The van der Waals surface area contributed by atoms with Crippen LogP contribution in [0.2, 0.25) is 0 Å². The van der Waals surface area contributed by atoms with Crippen LogP contribution in [0.3, 0.4) is 0 Å². The van der Waals surface area contributed by atoms with Crippen molar-refractivity contribution in [3.63, 3.8) is 0 Å². The van der Waals surface area contributed by atoms with Gasteiger partial charge in [0, 0.05) is 19.0 Å². The second kappa shape index (κ2) is 6.59. The molecule has 1 aliphatic heterocycles. The number of nitrogens with zero attached hydrogens (tertiary/aromatic N) is 1. The van der Waals surface area contributed by atoms with Crippen LogP contribution in [0.4, 0.5) is 4.39 Å². The van der Waals surface area contributed by atoms with Gasteiger partial charge in [-0.15, -0.1) is 0 Å². The van der Waals surface area contributed by atoms with Crippen LogP contribution < -0.4 is 0 Å². The van der Waals surface area contributed by atoms with E-state index in [0.29, 0.717) is 17.7 Å². The number of piperidine rings is 1. The van der Waals surface area contributed by atoms with Crippen molar-refractivity contribution >= 4 is 5.91 Å². The van der Waals surface area contributed by atoms with E-state index in [1.807, 2.05) is 6.07 Å². The third-order valence-electron chi connectivity index (χ3n) is 5.02. The van der Waals surface area contributed by atoms with Crippen molar-refractivity contribution in [3.05, 3.63) is 35.6 Å². The number of benzene rings is 1. The third-order valence-corrected chi connectivity index (χ3v) is 5.02. The van der Waals surface area contributed by atoms with Gasteiger partial charge >= 0.3 is 0 Å². The third kappa shape index (κ3) is 3.63. The number of hydrogen-bond donors (Lipinski definition) is 0. The second-order valence-corrected chi connectivity index (χ2v) is 6.59. The first-order valence-electron chi connectivity index (χ1n) is 8.25. The van der Waals surface area contributed by atoms with Gasteiger partial charge in [0.25, 0.3) is 0 Å². The fourth-order valence-electron chi connectivity index (χ4n) is 3.48. The Hall–Kier alpha value is -1.38. The van der Waals surface area contributed by atoms with Crippen LogP contribution in [0.1, 0.15) is 44.1 Å². The van der Waals surface area contributed by atoms with Crippen LogP contribution in [0.5, 0.6) is 0 Å². The highest BCUT2D eigenvalue weighted by atomic mass is 19.1. The summed E-state index contributed by atoms with van der Waals surface area (Å²) in [5.41, 5.74) is 1.07. The van der Waals surface area contributed by atoms with Crippen LogP contribution in [-0.2, 0) is 11.2 Å². The Kier molecular flexibility index (Phi) is 4.57. The van der Waals surface area contributed by atoms with E-state index in [4.69, 9.17) is 0 Å². The van der Waals surface area contributed by atoms with Gasteiger partial charge in [-0.2, -0.15) is 0 Å². The molecule has 2 fully saturated rings. The lowest BCUT2D eigenvalue weighted by atomic mass is 9.83. The summed E-state index contributed by atoms with van der Waals surface area (Å²) in [4.78, 5) is 14.4. The largest absolute Gasteiger partial charge is 0.342 e. The molecule has 0 N–H and O–H groups in total. The zero-order chi connectivity index (χ0) is 14.7. The molecule has 2 aliphatic rings. The van der Waals surface area contributed by atoms with Crippen molar-refractivity contribution in [2.24, 2.45) is 11.8 Å². The van der Waals surface area contributed by atoms with Gasteiger partial charge < -0.3 is 4.90 Å². The highest BCUT2D eigenvalue weighted by Gasteiger charge is 2.31. The number of hydrogen-bond acceptors (Lipinski definition) is 1. The maximum Gasteiger partial charge on any atom is 0.225 e. The van der Waals surface area contributed by atoms with E-state index in [2.05, 4.69) is 4.90 Å². The zero-order valence-corrected chi connectivity index (χ0v) is 12.6. The highest BCUT2D eigenvalue weighted by molar-refractivity contribution is 5.79. The van der Waals surface area contributed by atoms with Crippen molar-refractivity contribution in [2.45, 2.75) is 44.9 Å². The Morgan fingerprint density at radius 1 is 1.24 bits per heavy atom. The lowest BCUT2D eigenvalue weighted by molar-refractivity contribution is -0.140. The maximum atomic E-state index is 13.2. The molecule has 3 rings (SSSR count). The number of carbonyl (C=O) groups excluding carboxylic acids is 1. The highest BCUT2D eigenvalue weighted by Crippen LogP contribution is 2.30. The molecule has 3 heteroatoms. The zero-order valence-electron chi connectivity index (χ0n) is 12.6. The number of amides is 1. The molecule has 1 saturated carbocycles. The topological polar surface area (TPSA) is 20.3 Å². The molecular weight excluding hydrogens is 265 g/mol. The molecule has 1 unspecified atom stereocenters. The molecule has 114 valence electrons. The molecule has 1 amide bonds. The van der Waals surface area contributed by atoms with Gasteiger partial charge in [0.1, 0.15) is 5.82 Å². The number of likely N-dealkylation sites (tertiary alicyclic amines) is 1. The summed E-state index contributed by atoms with van der Waals surface area (Å²) in [6.07, 6.45) is 7.67. The van der Waals surface area contributed by atoms with Crippen molar-refractivity contribution in [2.75, 3.05) is 13.1 Å². The van der Waals surface area contributed by atoms with Crippen molar-refractivity contribution in [1.82, 2.24) is 4.90 Å². The van der Waals surface area contributed by atoms with Crippen molar-refractivity contribution < 1.29 is 9.18 Å². The molecule has 0 radical (unpaired) electrons. The monoisotopic (exact) mass is 289 g/mol. The van der Waals surface area contributed by atoms with Crippen LogP contribution in [0, 0.1) is 17.7 Å². The van der Waals surface area contributed by atoms with E-state index < -0.39 is 0 Å². The van der Waals surface area contributed by atoms with Gasteiger partial charge in [-0.05, 0) is 62.1 Å².